The number of anilines is 2. The summed E-state index contributed by atoms with van der Waals surface area (Å²) < 4.78 is 0. The topological polar surface area (TPSA) is 95.5 Å². The maximum Gasteiger partial charge on any atom is 0.307 e. The third kappa shape index (κ3) is 4.57. The van der Waals surface area contributed by atoms with Crippen LogP contribution < -0.4 is 10.6 Å². The summed E-state index contributed by atoms with van der Waals surface area (Å²) >= 11 is 0. The third-order valence-electron chi connectivity index (χ3n) is 5.20. The number of hydrogen-bond donors (Lipinski definition) is 3. The van der Waals surface area contributed by atoms with E-state index in [9.17, 15) is 19.5 Å². The third-order valence-corrected chi connectivity index (χ3v) is 5.20. The molecule has 2 amide bonds. The first-order valence-electron chi connectivity index (χ1n) is 9.46. The molecule has 1 aliphatic carbocycles. The first kappa shape index (κ1) is 19.6. The molecule has 146 valence electrons. The standard InChI is InChI=1S/C22H24N2O4/c1-14-13-16(23-21(26)17-9-5-6-10-18(17)22(27)28)11-12-19(14)24-20(25)15-7-3-2-4-8-15/h2-4,7-8,11-13,17-18H,5-6,9-10H2,1H3,(H,23,26)(H,24,25)(H,27,28). The van der Waals surface area contributed by atoms with Crippen molar-refractivity contribution in [2.24, 2.45) is 11.8 Å². The van der Waals surface area contributed by atoms with Gasteiger partial charge in [0.2, 0.25) is 5.91 Å². The van der Waals surface area contributed by atoms with Crippen LogP contribution in [0.4, 0.5) is 11.4 Å². The highest BCUT2D eigenvalue weighted by molar-refractivity contribution is 6.05. The largest absolute Gasteiger partial charge is 0.481 e. The molecule has 28 heavy (non-hydrogen) atoms. The highest BCUT2D eigenvalue weighted by Crippen LogP contribution is 2.31. The summed E-state index contributed by atoms with van der Waals surface area (Å²) in [5, 5.41) is 15.1. The molecule has 0 aliphatic heterocycles. The number of nitrogens with one attached hydrogen (secondary N) is 2. The SMILES string of the molecule is Cc1cc(NC(=O)C2CCCCC2C(=O)O)ccc1NC(=O)c1ccccc1. The normalized spacial score (nSPS) is 18.9. The van der Waals surface area contributed by atoms with Crippen LogP contribution in [-0.2, 0) is 9.59 Å². The summed E-state index contributed by atoms with van der Waals surface area (Å²) in [7, 11) is 0. The summed E-state index contributed by atoms with van der Waals surface area (Å²) in [6.07, 6.45) is 2.84. The van der Waals surface area contributed by atoms with Gasteiger partial charge < -0.3 is 15.7 Å². The van der Waals surface area contributed by atoms with Crippen LogP contribution >= 0.6 is 0 Å². The van der Waals surface area contributed by atoms with E-state index in [0.717, 1.165) is 18.4 Å². The van der Waals surface area contributed by atoms with Gasteiger partial charge in [0, 0.05) is 16.9 Å². The van der Waals surface area contributed by atoms with Gasteiger partial charge in [0.15, 0.2) is 0 Å². The zero-order valence-electron chi connectivity index (χ0n) is 15.8. The van der Waals surface area contributed by atoms with Crippen molar-refractivity contribution in [1.82, 2.24) is 0 Å². The van der Waals surface area contributed by atoms with Gasteiger partial charge in [0.25, 0.3) is 5.91 Å². The highest BCUT2D eigenvalue weighted by atomic mass is 16.4. The minimum Gasteiger partial charge on any atom is -0.481 e. The molecule has 0 spiro atoms. The molecule has 1 fully saturated rings. The first-order valence-corrected chi connectivity index (χ1v) is 9.46. The van der Waals surface area contributed by atoms with Crippen LogP contribution in [0.15, 0.2) is 48.5 Å². The summed E-state index contributed by atoms with van der Waals surface area (Å²) in [4.78, 5) is 36.3. The summed E-state index contributed by atoms with van der Waals surface area (Å²) in [6, 6.07) is 14.2. The molecule has 0 aromatic heterocycles. The number of carbonyl (C=O) groups excluding carboxylic acids is 2. The second kappa shape index (κ2) is 8.69. The van der Waals surface area contributed by atoms with Crippen molar-refractivity contribution in [2.75, 3.05) is 10.6 Å². The van der Waals surface area contributed by atoms with Gasteiger partial charge in [0.1, 0.15) is 0 Å². The van der Waals surface area contributed by atoms with Crippen molar-refractivity contribution in [3.8, 4) is 0 Å². The van der Waals surface area contributed by atoms with Gasteiger partial charge in [-0.2, -0.15) is 0 Å². The molecule has 6 nitrogen and oxygen atoms in total. The Kier molecular flexibility index (Phi) is 6.09. The van der Waals surface area contributed by atoms with E-state index in [4.69, 9.17) is 0 Å². The second-order valence-electron chi connectivity index (χ2n) is 7.17. The zero-order valence-corrected chi connectivity index (χ0v) is 15.8. The van der Waals surface area contributed by atoms with Crippen molar-refractivity contribution in [3.63, 3.8) is 0 Å². The smallest absolute Gasteiger partial charge is 0.307 e. The van der Waals surface area contributed by atoms with Crippen LogP contribution in [0.25, 0.3) is 0 Å². The van der Waals surface area contributed by atoms with Gasteiger partial charge in [-0.05, 0) is 55.7 Å². The van der Waals surface area contributed by atoms with E-state index >= 15 is 0 Å². The minimum absolute atomic E-state index is 0.202. The predicted molar refractivity (Wildman–Crippen MR) is 107 cm³/mol. The van der Waals surface area contributed by atoms with E-state index in [1.807, 2.05) is 13.0 Å². The highest BCUT2D eigenvalue weighted by Gasteiger charge is 2.35. The van der Waals surface area contributed by atoms with Gasteiger partial charge in [-0.15, -0.1) is 0 Å². The molecule has 2 atom stereocenters. The van der Waals surface area contributed by atoms with E-state index in [0.29, 0.717) is 29.8 Å². The molecule has 0 saturated heterocycles. The van der Waals surface area contributed by atoms with Crippen LogP contribution in [0.5, 0.6) is 0 Å². The van der Waals surface area contributed by atoms with E-state index in [1.165, 1.54) is 0 Å². The van der Waals surface area contributed by atoms with Gasteiger partial charge in [-0.25, -0.2) is 0 Å². The maximum atomic E-state index is 12.6. The molecule has 0 bridgehead atoms. The molecular formula is C22H24N2O4. The van der Waals surface area contributed by atoms with Crippen LogP contribution in [0.2, 0.25) is 0 Å². The Labute approximate surface area is 164 Å². The first-order chi connectivity index (χ1) is 13.5. The van der Waals surface area contributed by atoms with E-state index in [-0.39, 0.29) is 11.8 Å². The lowest BCUT2D eigenvalue weighted by Crippen LogP contribution is -2.36. The second-order valence-corrected chi connectivity index (χ2v) is 7.17. The molecule has 2 aromatic rings. The Bertz CT molecular complexity index is 879. The molecule has 1 aliphatic rings. The van der Waals surface area contributed by atoms with Crippen molar-refractivity contribution < 1.29 is 19.5 Å². The number of amides is 2. The maximum absolute atomic E-state index is 12.6. The van der Waals surface area contributed by atoms with Gasteiger partial charge >= 0.3 is 5.97 Å². The van der Waals surface area contributed by atoms with Gasteiger partial charge in [-0.3, -0.25) is 14.4 Å². The lowest BCUT2D eigenvalue weighted by Gasteiger charge is -2.27. The number of benzene rings is 2. The molecule has 3 N–H and O–H groups in total. The van der Waals surface area contributed by atoms with Crippen molar-refractivity contribution in [2.45, 2.75) is 32.6 Å². The quantitative estimate of drug-likeness (QED) is 0.728. The summed E-state index contributed by atoms with van der Waals surface area (Å²) in [5.74, 6) is -2.50. The van der Waals surface area contributed by atoms with Gasteiger partial charge in [-0.1, -0.05) is 31.0 Å². The number of aliphatic carboxylic acids is 1. The minimum atomic E-state index is -0.907. The Morgan fingerprint density at radius 1 is 0.929 bits per heavy atom. The van der Waals surface area contributed by atoms with E-state index < -0.39 is 17.8 Å². The molecule has 6 heteroatoms. The predicted octanol–water partition coefficient (Wildman–Crippen LogP) is 4.08. The summed E-state index contributed by atoms with van der Waals surface area (Å²) in [6.45, 7) is 1.84. The van der Waals surface area contributed by atoms with E-state index in [1.54, 1.807) is 42.5 Å². The fourth-order valence-corrected chi connectivity index (χ4v) is 3.64. The molecule has 0 radical (unpaired) electrons. The molecule has 0 heterocycles. The molecule has 2 unspecified atom stereocenters. The summed E-state index contributed by atoms with van der Waals surface area (Å²) in [5.41, 5.74) is 2.62. The number of carbonyl (C=O) groups is 3. The number of hydrogen-bond acceptors (Lipinski definition) is 3. The Balaban J connectivity index is 1.67. The lowest BCUT2D eigenvalue weighted by atomic mass is 9.78. The van der Waals surface area contributed by atoms with Gasteiger partial charge in [0.05, 0.1) is 11.8 Å². The number of carboxylic acids is 1. The molecule has 1 saturated carbocycles. The van der Waals surface area contributed by atoms with Crippen molar-refractivity contribution in [1.29, 1.82) is 0 Å². The zero-order chi connectivity index (χ0) is 20.1. The van der Waals surface area contributed by atoms with Crippen LogP contribution in [-0.4, -0.2) is 22.9 Å². The number of rotatable bonds is 5. The van der Waals surface area contributed by atoms with Crippen LogP contribution in [0.1, 0.15) is 41.6 Å². The number of carboxylic acid groups (broad SMARTS) is 1. The van der Waals surface area contributed by atoms with Crippen LogP contribution in [0, 0.1) is 18.8 Å². The fraction of sp³-hybridized carbons (Fsp3) is 0.318. The van der Waals surface area contributed by atoms with E-state index in [2.05, 4.69) is 10.6 Å². The molecular weight excluding hydrogens is 356 g/mol. The fourth-order valence-electron chi connectivity index (χ4n) is 3.64. The Morgan fingerprint density at radius 2 is 1.61 bits per heavy atom. The Morgan fingerprint density at radius 3 is 2.25 bits per heavy atom. The van der Waals surface area contributed by atoms with Crippen LogP contribution in [0.3, 0.4) is 0 Å². The molecule has 2 aromatic carbocycles. The average Bonchev–Trinajstić information content (AvgIpc) is 2.70. The lowest BCUT2D eigenvalue weighted by molar-refractivity contribution is -0.147. The average molecular weight is 380 g/mol. The number of aryl methyl sites for hydroxylation is 1. The van der Waals surface area contributed by atoms with Crippen molar-refractivity contribution in [3.05, 3.63) is 59.7 Å². The Hall–Kier alpha value is -3.15. The monoisotopic (exact) mass is 380 g/mol. The molecule has 3 rings (SSSR count). The van der Waals surface area contributed by atoms with Crippen molar-refractivity contribution >= 4 is 29.2 Å².